The fraction of sp³-hybridized carbons (Fsp3) is 0.143. The quantitative estimate of drug-likeness (QED) is 0.307. The van der Waals surface area contributed by atoms with Gasteiger partial charge in [0.05, 0.1) is 17.9 Å². The number of fused-ring (bicyclic) bond motifs is 1. The van der Waals surface area contributed by atoms with Crippen molar-refractivity contribution >= 4 is 23.4 Å². The van der Waals surface area contributed by atoms with Crippen LogP contribution in [0.15, 0.2) is 58.7 Å². The number of hydrogen-bond acceptors (Lipinski definition) is 8. The summed E-state index contributed by atoms with van der Waals surface area (Å²) in [6.07, 6.45) is 8.81. The molecule has 0 aliphatic heterocycles. The van der Waals surface area contributed by atoms with E-state index in [-0.39, 0.29) is 17.6 Å². The van der Waals surface area contributed by atoms with Crippen LogP contribution in [-0.2, 0) is 0 Å². The number of benzene rings is 1. The van der Waals surface area contributed by atoms with Crippen LogP contribution >= 0.6 is 0 Å². The Bertz CT molecular complexity index is 1620. The number of anilines is 2. The molecule has 33 heavy (non-hydrogen) atoms. The van der Waals surface area contributed by atoms with Gasteiger partial charge in [0.2, 0.25) is 11.8 Å². The van der Waals surface area contributed by atoms with Crippen molar-refractivity contribution in [1.82, 2.24) is 39.3 Å². The van der Waals surface area contributed by atoms with Crippen molar-refractivity contribution in [3.8, 4) is 11.6 Å². The third kappa shape index (κ3) is 3.73. The van der Waals surface area contributed by atoms with Crippen LogP contribution in [0, 0.1) is 0 Å². The first-order valence-corrected chi connectivity index (χ1v) is 10.3. The Morgan fingerprint density at radius 2 is 2.00 bits per heavy atom. The van der Waals surface area contributed by atoms with Gasteiger partial charge in [0.25, 0.3) is 5.62 Å². The summed E-state index contributed by atoms with van der Waals surface area (Å²) in [6.45, 7) is 0. The van der Waals surface area contributed by atoms with Crippen molar-refractivity contribution in [1.29, 1.82) is 0 Å². The van der Waals surface area contributed by atoms with Crippen LogP contribution < -0.4 is 21.8 Å². The van der Waals surface area contributed by atoms with Gasteiger partial charge in [0.1, 0.15) is 5.69 Å². The Kier molecular flexibility index (Phi) is 4.28. The molecule has 0 spiro atoms. The Morgan fingerprint density at radius 1 is 1.15 bits per heavy atom. The van der Waals surface area contributed by atoms with Crippen molar-refractivity contribution in [2.45, 2.75) is 18.9 Å². The monoisotopic (exact) mass is 442 g/mol. The highest BCUT2D eigenvalue weighted by molar-refractivity contribution is 5.60. The average Bonchev–Trinajstić information content (AvgIpc) is 3.17. The lowest BCUT2D eigenvalue weighted by molar-refractivity contribution is 0.454. The van der Waals surface area contributed by atoms with Gasteiger partial charge in [-0.2, -0.15) is 24.7 Å². The van der Waals surface area contributed by atoms with Gasteiger partial charge in [-0.1, -0.05) is 0 Å². The smallest absolute Gasteiger partial charge is 0.326 e. The fourth-order valence-electron chi connectivity index (χ4n) is 3.38. The standard InChI is InChI=1S/C21H18N10O2/c32-18-16(26-21(33)28-18)10-12-11-23-31-17(12)27-19(29-20(31)25-14-2-3-14)24-13-4-6-15(7-5-13)30-9-1-8-22-30/h1,4-11,14,32H,2-3H2,(H,24,25,29)(H2,26,28,33)/b12-10-. The van der Waals surface area contributed by atoms with E-state index in [0.717, 1.165) is 24.2 Å². The topological polar surface area (TPSA) is 154 Å². The number of aromatic nitrogens is 8. The van der Waals surface area contributed by atoms with Gasteiger partial charge in [0.15, 0.2) is 5.65 Å². The third-order valence-corrected chi connectivity index (χ3v) is 5.15. The van der Waals surface area contributed by atoms with Crippen molar-refractivity contribution in [2.75, 3.05) is 5.32 Å². The van der Waals surface area contributed by atoms with Crippen LogP contribution in [-0.4, -0.2) is 50.5 Å². The molecule has 0 radical (unpaired) electrons. The number of hydrogen-bond donors (Lipinski definition) is 4. The molecule has 12 heteroatoms. The summed E-state index contributed by atoms with van der Waals surface area (Å²) < 4.78 is 3.33. The lowest BCUT2D eigenvalue weighted by Gasteiger charge is -2.07. The molecule has 164 valence electrons. The minimum Gasteiger partial charge on any atom is -0.493 e. The summed E-state index contributed by atoms with van der Waals surface area (Å²) in [5.74, 6) is 0.0996. The van der Waals surface area contributed by atoms with Crippen molar-refractivity contribution in [3.05, 3.63) is 75.9 Å². The highest BCUT2D eigenvalue weighted by atomic mass is 16.3. The summed E-state index contributed by atoms with van der Waals surface area (Å²) in [6, 6.07) is 9.79. The number of imidazole rings is 1. The number of nitrogens with one attached hydrogen (secondary N) is 3. The molecule has 0 bridgehead atoms. The molecular weight excluding hydrogens is 424 g/mol. The Labute approximate surface area is 185 Å². The third-order valence-electron chi connectivity index (χ3n) is 5.15. The van der Waals surface area contributed by atoms with Crippen LogP contribution in [0.25, 0.3) is 17.4 Å². The van der Waals surface area contributed by atoms with E-state index < -0.39 is 5.69 Å². The predicted octanol–water partition coefficient (Wildman–Crippen LogP) is 0.386. The molecule has 4 heterocycles. The summed E-state index contributed by atoms with van der Waals surface area (Å²) in [4.78, 5) is 30.1. The maximum atomic E-state index is 11.5. The van der Waals surface area contributed by atoms with E-state index in [2.05, 4.69) is 40.4 Å². The van der Waals surface area contributed by atoms with E-state index in [4.69, 9.17) is 0 Å². The zero-order valence-corrected chi connectivity index (χ0v) is 17.2. The minimum atomic E-state index is -0.504. The number of H-pyrrole nitrogens is 2. The molecule has 0 saturated heterocycles. The maximum Gasteiger partial charge on any atom is 0.326 e. The van der Waals surface area contributed by atoms with E-state index in [0.29, 0.717) is 22.4 Å². The molecule has 12 nitrogen and oxygen atoms in total. The van der Waals surface area contributed by atoms with Gasteiger partial charge in [0, 0.05) is 23.3 Å². The fourth-order valence-corrected chi connectivity index (χ4v) is 3.38. The average molecular weight is 442 g/mol. The van der Waals surface area contributed by atoms with Crippen molar-refractivity contribution in [2.24, 2.45) is 4.99 Å². The predicted molar refractivity (Wildman–Crippen MR) is 118 cm³/mol. The van der Waals surface area contributed by atoms with Gasteiger partial charge in [-0.05, 0) is 49.2 Å². The van der Waals surface area contributed by atoms with Gasteiger partial charge in [-0.3, -0.25) is 4.98 Å². The first-order chi connectivity index (χ1) is 16.1. The SMILES string of the molecule is O=c1[nH]c(O)c(/C=c2/cnn3c(=NC4CC4)nc(Nc4ccc(-n5cccn5)cc4)nc23)[nH]1. The first-order valence-electron chi connectivity index (χ1n) is 10.3. The number of rotatable bonds is 5. The number of aromatic hydroxyl groups is 1. The van der Waals surface area contributed by atoms with Gasteiger partial charge < -0.3 is 15.4 Å². The second kappa shape index (κ2) is 7.44. The molecule has 1 aliphatic rings. The lowest BCUT2D eigenvalue weighted by Crippen LogP contribution is -2.24. The van der Waals surface area contributed by atoms with E-state index >= 15 is 0 Å². The molecule has 4 aromatic heterocycles. The number of nitrogens with zero attached hydrogens (tertiary/aromatic N) is 7. The molecule has 0 unspecified atom stereocenters. The molecule has 1 saturated carbocycles. The van der Waals surface area contributed by atoms with Crippen LogP contribution in [0.4, 0.5) is 11.6 Å². The van der Waals surface area contributed by atoms with Crippen LogP contribution in [0.2, 0.25) is 0 Å². The maximum absolute atomic E-state index is 11.5. The van der Waals surface area contributed by atoms with E-state index in [9.17, 15) is 9.90 Å². The largest absolute Gasteiger partial charge is 0.493 e. The van der Waals surface area contributed by atoms with Crippen molar-refractivity contribution < 1.29 is 5.11 Å². The lowest BCUT2D eigenvalue weighted by atomic mass is 10.3. The van der Waals surface area contributed by atoms with Crippen LogP contribution in [0.3, 0.4) is 0 Å². The molecule has 1 aromatic carbocycles. The molecule has 0 amide bonds. The van der Waals surface area contributed by atoms with E-state index in [1.165, 1.54) is 0 Å². The summed E-state index contributed by atoms with van der Waals surface area (Å²) in [5, 5.41) is 22.3. The number of aromatic amines is 2. The summed E-state index contributed by atoms with van der Waals surface area (Å²) in [7, 11) is 0. The zero-order valence-electron chi connectivity index (χ0n) is 17.2. The molecule has 1 aliphatic carbocycles. The molecule has 6 rings (SSSR count). The molecule has 0 atom stereocenters. The van der Waals surface area contributed by atoms with Gasteiger partial charge >= 0.3 is 5.69 Å². The highest BCUT2D eigenvalue weighted by Gasteiger charge is 2.21. The Morgan fingerprint density at radius 3 is 2.70 bits per heavy atom. The van der Waals surface area contributed by atoms with E-state index in [1.807, 2.05) is 36.5 Å². The van der Waals surface area contributed by atoms with Crippen LogP contribution in [0.5, 0.6) is 5.88 Å². The second-order valence-corrected chi connectivity index (χ2v) is 7.65. The van der Waals surface area contributed by atoms with E-state index in [1.54, 1.807) is 27.7 Å². The normalized spacial score (nSPS) is 14.9. The zero-order chi connectivity index (χ0) is 22.4. The highest BCUT2D eigenvalue weighted by Crippen LogP contribution is 2.22. The Balaban J connectivity index is 1.43. The molecular formula is C21H18N10O2. The van der Waals surface area contributed by atoms with Gasteiger partial charge in [-0.25, -0.2) is 14.5 Å². The van der Waals surface area contributed by atoms with Crippen molar-refractivity contribution in [3.63, 3.8) is 0 Å². The van der Waals surface area contributed by atoms with Crippen LogP contribution in [0.1, 0.15) is 18.5 Å². The minimum absolute atomic E-state index is 0.228. The summed E-state index contributed by atoms with van der Waals surface area (Å²) >= 11 is 0. The summed E-state index contributed by atoms with van der Waals surface area (Å²) in [5.41, 5.74) is 2.38. The molecule has 4 N–H and O–H groups in total. The van der Waals surface area contributed by atoms with Gasteiger partial charge in [-0.15, -0.1) is 0 Å². The second-order valence-electron chi connectivity index (χ2n) is 7.65. The molecule has 1 fully saturated rings. The first kappa shape index (κ1) is 19.0. The molecule has 5 aromatic rings. The Hall–Kier alpha value is -4.74.